The number of nitriles is 1. The first-order chi connectivity index (χ1) is 10.6. The fraction of sp³-hybridized carbons (Fsp3) is 0.0625. The molecule has 2 aromatic carbocycles. The Morgan fingerprint density at radius 1 is 1.00 bits per heavy atom. The Morgan fingerprint density at radius 2 is 1.59 bits per heavy atom. The number of thiol groups is 1. The summed E-state index contributed by atoms with van der Waals surface area (Å²) in [6, 6.07) is 15.5. The van der Waals surface area contributed by atoms with Gasteiger partial charge in [0.15, 0.2) is 0 Å². The lowest BCUT2D eigenvalue weighted by molar-refractivity contribution is -0.115. The molecule has 2 rings (SSSR count). The van der Waals surface area contributed by atoms with E-state index in [1.165, 1.54) is 0 Å². The fourth-order valence-corrected chi connectivity index (χ4v) is 2.08. The third-order valence-electron chi connectivity index (χ3n) is 2.84. The van der Waals surface area contributed by atoms with E-state index in [0.717, 1.165) is 0 Å². The van der Waals surface area contributed by atoms with Gasteiger partial charge < -0.3 is 10.6 Å². The maximum absolute atomic E-state index is 12.3. The van der Waals surface area contributed by atoms with Gasteiger partial charge in [0.25, 0.3) is 5.91 Å². The molecule has 0 spiro atoms. The monoisotopic (exact) mass is 311 g/mol. The molecule has 0 aliphatic rings. The van der Waals surface area contributed by atoms with Crippen molar-refractivity contribution in [3.8, 4) is 6.07 Å². The van der Waals surface area contributed by atoms with Crippen LogP contribution in [0.5, 0.6) is 0 Å². The second-order valence-electron chi connectivity index (χ2n) is 4.40. The molecular weight excluding hydrogens is 298 g/mol. The highest BCUT2D eigenvalue weighted by Crippen LogP contribution is 2.23. The van der Waals surface area contributed by atoms with E-state index < -0.39 is 5.91 Å². The first kappa shape index (κ1) is 15.6. The van der Waals surface area contributed by atoms with Crippen molar-refractivity contribution in [2.45, 2.75) is 11.3 Å². The smallest absolute Gasteiger partial charge is 0.256 e. The van der Waals surface area contributed by atoms with Gasteiger partial charge in [-0.3, -0.25) is 9.59 Å². The maximum atomic E-state index is 12.3. The van der Waals surface area contributed by atoms with Crippen LogP contribution in [0, 0.1) is 11.3 Å². The van der Waals surface area contributed by atoms with E-state index in [4.69, 9.17) is 5.26 Å². The molecule has 0 radical (unpaired) electrons. The molecule has 0 fully saturated rings. The second-order valence-corrected chi connectivity index (χ2v) is 4.88. The Hall–Kier alpha value is -2.78. The standard InChI is InChI=1S/C16H13N3O2S/c17-10-9-15(20)18-12-6-2-3-7-13(12)19-16(21)11-5-1-4-8-14(11)22/h1-8,22H,9H2,(H,18,20)(H,19,21). The molecule has 0 saturated carbocycles. The van der Waals surface area contributed by atoms with Gasteiger partial charge in [0, 0.05) is 4.90 Å². The summed E-state index contributed by atoms with van der Waals surface area (Å²) in [5.74, 6) is -0.758. The Balaban J connectivity index is 2.20. The lowest BCUT2D eigenvalue weighted by Crippen LogP contribution is -2.16. The molecule has 0 aromatic heterocycles. The average Bonchev–Trinajstić information content (AvgIpc) is 2.50. The molecule has 0 bridgehead atoms. The van der Waals surface area contributed by atoms with Crippen LogP contribution in [0.1, 0.15) is 16.8 Å². The first-order valence-electron chi connectivity index (χ1n) is 6.47. The number of benzene rings is 2. The quantitative estimate of drug-likeness (QED) is 0.759. The van der Waals surface area contributed by atoms with Crippen LogP contribution in [0.25, 0.3) is 0 Å². The number of amides is 2. The summed E-state index contributed by atoms with van der Waals surface area (Å²) in [7, 11) is 0. The van der Waals surface area contributed by atoms with E-state index in [9.17, 15) is 9.59 Å². The van der Waals surface area contributed by atoms with E-state index in [1.54, 1.807) is 54.6 Å². The Bertz CT molecular complexity index is 753. The molecule has 0 heterocycles. The number of nitrogens with zero attached hydrogens (tertiary/aromatic N) is 1. The number of nitrogens with one attached hydrogen (secondary N) is 2. The van der Waals surface area contributed by atoms with Crippen LogP contribution in [0.2, 0.25) is 0 Å². The van der Waals surface area contributed by atoms with Gasteiger partial charge in [-0.15, -0.1) is 12.6 Å². The highest BCUT2D eigenvalue weighted by atomic mass is 32.1. The zero-order valence-corrected chi connectivity index (χ0v) is 12.4. The molecule has 110 valence electrons. The molecule has 0 aliphatic heterocycles. The zero-order valence-electron chi connectivity index (χ0n) is 11.5. The first-order valence-corrected chi connectivity index (χ1v) is 6.91. The van der Waals surface area contributed by atoms with Crippen molar-refractivity contribution in [1.29, 1.82) is 5.26 Å². The van der Waals surface area contributed by atoms with Crippen molar-refractivity contribution >= 4 is 35.8 Å². The van der Waals surface area contributed by atoms with Crippen LogP contribution in [0.4, 0.5) is 11.4 Å². The Morgan fingerprint density at radius 3 is 2.23 bits per heavy atom. The van der Waals surface area contributed by atoms with Crippen molar-refractivity contribution < 1.29 is 9.59 Å². The van der Waals surface area contributed by atoms with Crippen molar-refractivity contribution in [3.63, 3.8) is 0 Å². The zero-order chi connectivity index (χ0) is 15.9. The lowest BCUT2D eigenvalue weighted by Gasteiger charge is -2.12. The topological polar surface area (TPSA) is 82.0 Å². The normalized spacial score (nSPS) is 9.64. The lowest BCUT2D eigenvalue weighted by atomic mass is 10.2. The van der Waals surface area contributed by atoms with E-state index in [2.05, 4.69) is 23.3 Å². The van der Waals surface area contributed by atoms with Gasteiger partial charge >= 0.3 is 0 Å². The third kappa shape index (κ3) is 3.87. The molecular formula is C16H13N3O2S. The van der Waals surface area contributed by atoms with Crippen LogP contribution in [-0.4, -0.2) is 11.8 Å². The number of rotatable bonds is 4. The summed E-state index contributed by atoms with van der Waals surface area (Å²) in [5.41, 5.74) is 1.33. The summed E-state index contributed by atoms with van der Waals surface area (Å²) in [6.45, 7) is 0. The van der Waals surface area contributed by atoms with Gasteiger partial charge in [-0.2, -0.15) is 5.26 Å². The molecule has 0 saturated heterocycles. The van der Waals surface area contributed by atoms with Crippen LogP contribution < -0.4 is 10.6 Å². The summed E-state index contributed by atoms with van der Waals surface area (Å²) in [4.78, 5) is 24.4. The molecule has 0 atom stereocenters. The van der Waals surface area contributed by atoms with Crippen LogP contribution in [0.3, 0.4) is 0 Å². The van der Waals surface area contributed by atoms with Gasteiger partial charge in [-0.05, 0) is 24.3 Å². The number of anilines is 2. The van der Waals surface area contributed by atoms with Gasteiger partial charge in [0.05, 0.1) is 23.0 Å². The highest BCUT2D eigenvalue weighted by molar-refractivity contribution is 7.80. The molecule has 2 amide bonds. The SMILES string of the molecule is N#CCC(=O)Nc1ccccc1NC(=O)c1ccccc1S. The van der Waals surface area contributed by atoms with Gasteiger partial charge in [0.1, 0.15) is 6.42 Å². The molecule has 5 nitrogen and oxygen atoms in total. The van der Waals surface area contributed by atoms with Crippen molar-refractivity contribution in [3.05, 3.63) is 54.1 Å². The summed E-state index contributed by atoms with van der Waals surface area (Å²) in [6.07, 6.45) is -0.248. The van der Waals surface area contributed by atoms with E-state index in [0.29, 0.717) is 21.8 Å². The maximum Gasteiger partial charge on any atom is 0.256 e. The van der Waals surface area contributed by atoms with Crippen molar-refractivity contribution in [2.75, 3.05) is 10.6 Å². The summed E-state index contributed by atoms with van der Waals surface area (Å²) in [5, 5.41) is 13.8. The van der Waals surface area contributed by atoms with Crippen LogP contribution >= 0.6 is 12.6 Å². The van der Waals surface area contributed by atoms with E-state index >= 15 is 0 Å². The van der Waals surface area contributed by atoms with Gasteiger partial charge in [0.2, 0.25) is 5.91 Å². The minimum atomic E-state index is -0.432. The van der Waals surface area contributed by atoms with E-state index in [-0.39, 0.29) is 12.3 Å². The molecule has 6 heteroatoms. The average molecular weight is 311 g/mol. The predicted octanol–water partition coefficient (Wildman–Crippen LogP) is 3.08. The third-order valence-corrected chi connectivity index (χ3v) is 3.23. The summed E-state index contributed by atoms with van der Waals surface area (Å²) < 4.78 is 0. The fourth-order valence-electron chi connectivity index (χ4n) is 1.82. The molecule has 2 aromatic rings. The number of carbonyl (C=O) groups excluding carboxylic acids is 2. The molecule has 2 N–H and O–H groups in total. The minimum Gasteiger partial charge on any atom is -0.323 e. The van der Waals surface area contributed by atoms with Gasteiger partial charge in [-0.25, -0.2) is 0 Å². The molecule has 0 unspecified atom stereocenters. The molecule has 0 aliphatic carbocycles. The van der Waals surface area contributed by atoms with Crippen LogP contribution in [-0.2, 0) is 4.79 Å². The number of hydrogen-bond donors (Lipinski definition) is 3. The van der Waals surface area contributed by atoms with E-state index in [1.807, 2.05) is 0 Å². The predicted molar refractivity (Wildman–Crippen MR) is 86.9 cm³/mol. The van der Waals surface area contributed by atoms with Crippen molar-refractivity contribution in [1.82, 2.24) is 0 Å². The van der Waals surface area contributed by atoms with Crippen molar-refractivity contribution in [2.24, 2.45) is 0 Å². The number of hydrogen-bond acceptors (Lipinski definition) is 4. The minimum absolute atomic E-state index is 0.248. The second kappa shape index (κ2) is 7.29. The largest absolute Gasteiger partial charge is 0.323 e. The summed E-state index contributed by atoms with van der Waals surface area (Å²) >= 11 is 4.25. The molecule has 22 heavy (non-hydrogen) atoms. The van der Waals surface area contributed by atoms with Gasteiger partial charge in [-0.1, -0.05) is 24.3 Å². The number of carbonyl (C=O) groups is 2. The van der Waals surface area contributed by atoms with Crippen LogP contribution in [0.15, 0.2) is 53.4 Å². The number of para-hydroxylation sites is 2. The highest BCUT2D eigenvalue weighted by Gasteiger charge is 2.12. The Kier molecular flexibility index (Phi) is 5.17. The Labute approximate surface area is 133 Å².